The Morgan fingerprint density at radius 1 is 1.13 bits per heavy atom. The van der Waals surface area contributed by atoms with Gasteiger partial charge in [0, 0.05) is 24.8 Å². The maximum absolute atomic E-state index is 12.5. The molecule has 1 rings (SSSR count). The Bertz CT molecular complexity index is 222. The Morgan fingerprint density at radius 2 is 1.80 bits per heavy atom. The molecule has 0 aromatic rings. The van der Waals surface area contributed by atoms with Crippen LogP contribution in [0.15, 0.2) is 0 Å². The molecule has 0 amide bonds. The number of hydrogen-bond acceptors (Lipinski definition) is 2. The van der Waals surface area contributed by atoms with Crippen molar-refractivity contribution in [2.24, 2.45) is 0 Å². The van der Waals surface area contributed by atoms with E-state index in [9.17, 15) is 4.57 Å². The highest BCUT2D eigenvalue weighted by molar-refractivity contribution is 7.56. The van der Waals surface area contributed by atoms with Crippen LogP contribution in [-0.4, -0.2) is 42.3 Å². The summed E-state index contributed by atoms with van der Waals surface area (Å²) in [6.07, 6.45) is 3.82. The molecule has 1 atom stereocenters. The number of halogens is 2. The predicted octanol–water partition coefficient (Wildman–Crippen LogP) is 3.16. The van der Waals surface area contributed by atoms with Crippen LogP contribution in [0.3, 0.4) is 0 Å². The molecule has 0 aliphatic carbocycles. The highest BCUT2D eigenvalue weighted by Crippen LogP contribution is 2.51. The number of piperidine rings is 1. The topological polar surface area (TPSA) is 29.5 Å². The van der Waals surface area contributed by atoms with Crippen LogP contribution in [0.25, 0.3) is 0 Å². The molecular weight excluding hydrogens is 256 g/mol. The fourth-order valence-corrected chi connectivity index (χ4v) is 4.64. The Hall–Kier alpha value is 0.730. The van der Waals surface area contributed by atoms with E-state index in [0.717, 1.165) is 25.9 Å². The number of hydrogen-bond donors (Lipinski definition) is 0. The normalized spacial score (nSPS) is 22.5. The molecule has 0 bridgehead atoms. The minimum atomic E-state index is -2.69. The summed E-state index contributed by atoms with van der Waals surface area (Å²) in [4.78, 5) is 0. The second-order valence-electron chi connectivity index (χ2n) is 3.59. The zero-order valence-corrected chi connectivity index (χ0v) is 11.2. The van der Waals surface area contributed by atoms with E-state index >= 15 is 0 Å². The molecule has 0 radical (unpaired) electrons. The lowest BCUT2D eigenvalue weighted by Crippen LogP contribution is -2.29. The molecule has 1 aliphatic heterocycles. The largest absolute Gasteiger partial charge is 0.316 e. The molecule has 1 heterocycles. The third-order valence-electron chi connectivity index (χ3n) is 2.50. The quantitative estimate of drug-likeness (QED) is 0.550. The zero-order valence-electron chi connectivity index (χ0n) is 8.83. The van der Waals surface area contributed by atoms with E-state index in [1.807, 2.05) is 4.67 Å². The van der Waals surface area contributed by atoms with E-state index in [1.165, 1.54) is 6.42 Å². The molecule has 0 aromatic carbocycles. The van der Waals surface area contributed by atoms with Crippen molar-refractivity contribution in [3.05, 3.63) is 0 Å². The van der Waals surface area contributed by atoms with Gasteiger partial charge in [0.2, 0.25) is 0 Å². The third kappa shape index (κ3) is 4.24. The highest BCUT2D eigenvalue weighted by Gasteiger charge is 2.31. The van der Waals surface area contributed by atoms with Gasteiger partial charge in [-0.3, -0.25) is 4.57 Å². The first-order chi connectivity index (χ1) is 7.23. The van der Waals surface area contributed by atoms with Gasteiger partial charge >= 0.3 is 0 Å². The molecule has 1 aliphatic rings. The Balaban J connectivity index is 2.56. The maximum Gasteiger partial charge on any atom is 0.273 e. The first kappa shape index (κ1) is 13.8. The van der Waals surface area contributed by atoms with Crippen molar-refractivity contribution in [2.75, 3.05) is 37.6 Å². The molecule has 0 saturated carbocycles. The molecule has 1 unspecified atom stereocenters. The Kier molecular flexibility index (Phi) is 6.56. The number of rotatable bonds is 6. The van der Waals surface area contributed by atoms with Gasteiger partial charge in [-0.15, -0.1) is 23.2 Å². The van der Waals surface area contributed by atoms with Crippen molar-refractivity contribution in [3.8, 4) is 0 Å². The molecule has 1 saturated heterocycles. The van der Waals surface area contributed by atoms with Crippen LogP contribution in [-0.2, 0) is 9.09 Å². The van der Waals surface area contributed by atoms with Crippen molar-refractivity contribution >= 4 is 30.7 Å². The highest BCUT2D eigenvalue weighted by atomic mass is 35.5. The molecule has 0 N–H and O–H groups in total. The number of alkyl halides is 2. The van der Waals surface area contributed by atoms with Crippen molar-refractivity contribution in [2.45, 2.75) is 19.3 Å². The van der Waals surface area contributed by atoms with E-state index < -0.39 is 7.52 Å². The van der Waals surface area contributed by atoms with Crippen molar-refractivity contribution in [3.63, 3.8) is 0 Å². The monoisotopic (exact) mass is 273 g/mol. The summed E-state index contributed by atoms with van der Waals surface area (Å²) in [6, 6.07) is 0. The summed E-state index contributed by atoms with van der Waals surface area (Å²) in [5, 5.41) is 0. The lowest BCUT2D eigenvalue weighted by molar-refractivity contribution is 0.252. The molecule has 0 spiro atoms. The van der Waals surface area contributed by atoms with Gasteiger partial charge in [-0.1, -0.05) is 6.42 Å². The molecule has 90 valence electrons. The Morgan fingerprint density at radius 3 is 2.33 bits per heavy atom. The van der Waals surface area contributed by atoms with E-state index in [4.69, 9.17) is 27.7 Å². The average molecular weight is 274 g/mol. The van der Waals surface area contributed by atoms with Gasteiger partial charge in [-0.2, -0.15) is 0 Å². The Labute approximate surface area is 102 Å². The smallest absolute Gasteiger partial charge is 0.273 e. The van der Waals surface area contributed by atoms with Crippen LogP contribution < -0.4 is 0 Å². The summed E-state index contributed by atoms with van der Waals surface area (Å²) in [7, 11) is -2.69. The molecule has 1 fully saturated rings. The summed E-state index contributed by atoms with van der Waals surface area (Å²) in [5.74, 6) is 0.746. The van der Waals surface area contributed by atoms with Gasteiger partial charge < -0.3 is 4.52 Å². The van der Waals surface area contributed by atoms with Crippen LogP contribution in [0.4, 0.5) is 0 Å². The molecule has 15 heavy (non-hydrogen) atoms. The van der Waals surface area contributed by atoms with Gasteiger partial charge in [0.1, 0.15) is 0 Å². The van der Waals surface area contributed by atoms with Gasteiger partial charge in [-0.25, -0.2) is 4.67 Å². The number of nitrogens with zero attached hydrogens (tertiary/aromatic N) is 1. The van der Waals surface area contributed by atoms with Crippen LogP contribution in [0.5, 0.6) is 0 Å². The van der Waals surface area contributed by atoms with Crippen LogP contribution in [0, 0.1) is 0 Å². The fourth-order valence-electron chi connectivity index (χ4n) is 1.75. The van der Waals surface area contributed by atoms with E-state index in [1.54, 1.807) is 0 Å². The first-order valence-electron chi connectivity index (χ1n) is 5.34. The van der Waals surface area contributed by atoms with Crippen LogP contribution in [0.1, 0.15) is 19.3 Å². The second-order valence-corrected chi connectivity index (χ2v) is 6.89. The van der Waals surface area contributed by atoms with Crippen LogP contribution in [0.2, 0.25) is 0 Å². The zero-order chi connectivity index (χ0) is 11.1. The van der Waals surface area contributed by atoms with Gasteiger partial charge in [0.25, 0.3) is 7.52 Å². The minimum absolute atomic E-state index is 0.340. The fraction of sp³-hybridized carbons (Fsp3) is 1.00. The standard InChI is InChI=1S/C9H18Cl2NO2P/c10-4-8-14-15(13,9-5-11)12-6-2-1-3-7-12/h1-9H2. The maximum atomic E-state index is 12.5. The van der Waals surface area contributed by atoms with Crippen molar-refractivity contribution in [1.82, 2.24) is 4.67 Å². The van der Waals surface area contributed by atoms with Crippen molar-refractivity contribution < 1.29 is 9.09 Å². The molecule has 3 nitrogen and oxygen atoms in total. The molecular formula is C9H18Cl2NO2P. The molecule has 0 aromatic heterocycles. The van der Waals surface area contributed by atoms with E-state index in [2.05, 4.69) is 0 Å². The molecule has 6 heteroatoms. The summed E-state index contributed by atoms with van der Waals surface area (Å²) in [5.41, 5.74) is 0. The van der Waals surface area contributed by atoms with E-state index in [-0.39, 0.29) is 0 Å². The summed E-state index contributed by atoms with van der Waals surface area (Å²) < 4.78 is 19.9. The minimum Gasteiger partial charge on any atom is -0.316 e. The second kappa shape index (κ2) is 7.13. The van der Waals surface area contributed by atoms with Gasteiger partial charge in [0.15, 0.2) is 0 Å². The third-order valence-corrected chi connectivity index (χ3v) is 5.74. The van der Waals surface area contributed by atoms with Crippen molar-refractivity contribution in [1.29, 1.82) is 0 Å². The first-order valence-corrected chi connectivity index (χ1v) is 8.17. The van der Waals surface area contributed by atoms with Gasteiger partial charge in [-0.05, 0) is 12.8 Å². The SMILES string of the molecule is O=P(CCCl)(OCCCl)N1CCCCC1. The van der Waals surface area contributed by atoms with E-state index in [0.29, 0.717) is 24.5 Å². The van der Waals surface area contributed by atoms with Crippen LogP contribution >= 0.6 is 30.7 Å². The summed E-state index contributed by atoms with van der Waals surface area (Å²) >= 11 is 11.2. The average Bonchev–Trinajstić information content (AvgIpc) is 2.28. The summed E-state index contributed by atoms with van der Waals surface area (Å²) in [6.45, 7) is 2.05. The lowest BCUT2D eigenvalue weighted by atomic mass is 10.2. The lowest BCUT2D eigenvalue weighted by Gasteiger charge is -2.33. The van der Waals surface area contributed by atoms with Gasteiger partial charge in [0.05, 0.1) is 12.8 Å². The predicted molar refractivity (Wildman–Crippen MR) is 65.3 cm³/mol.